The lowest BCUT2D eigenvalue weighted by Gasteiger charge is -1.99. The summed E-state index contributed by atoms with van der Waals surface area (Å²) in [7, 11) is 0. The van der Waals surface area contributed by atoms with Crippen molar-refractivity contribution in [2.45, 2.75) is 19.9 Å². The third-order valence-corrected chi connectivity index (χ3v) is 1.71. The molecular weight excluding hydrogens is 138 g/mol. The van der Waals surface area contributed by atoms with E-state index >= 15 is 0 Å². The molecule has 2 heteroatoms. The Morgan fingerprint density at radius 1 is 1.18 bits per heavy atom. The molecule has 0 radical (unpaired) electrons. The van der Waals surface area contributed by atoms with Gasteiger partial charge in [-0.2, -0.15) is 0 Å². The maximum atomic E-state index is 8.40. The molecule has 0 unspecified atom stereocenters. The van der Waals surface area contributed by atoms with Crippen molar-refractivity contribution in [3.8, 4) is 0 Å². The standard InChI is InChI=1S/C9H13NO/c1-2-8-3-5-9(6-4-8)7-10-11/h3-6,10-11H,2,7H2,1H3. The number of rotatable bonds is 3. The smallest absolute Gasteiger partial charge is 0.0458 e. The summed E-state index contributed by atoms with van der Waals surface area (Å²) < 4.78 is 0. The van der Waals surface area contributed by atoms with Crippen molar-refractivity contribution in [1.82, 2.24) is 5.48 Å². The van der Waals surface area contributed by atoms with E-state index in [2.05, 4.69) is 24.5 Å². The fourth-order valence-corrected chi connectivity index (χ4v) is 0.984. The second kappa shape index (κ2) is 4.11. The van der Waals surface area contributed by atoms with Gasteiger partial charge in [-0.05, 0) is 17.5 Å². The lowest BCUT2D eigenvalue weighted by molar-refractivity contribution is 0.161. The van der Waals surface area contributed by atoms with Crippen molar-refractivity contribution in [2.24, 2.45) is 0 Å². The zero-order chi connectivity index (χ0) is 8.10. The first-order valence-electron chi connectivity index (χ1n) is 3.81. The van der Waals surface area contributed by atoms with Crippen molar-refractivity contribution in [2.75, 3.05) is 0 Å². The highest BCUT2D eigenvalue weighted by Crippen LogP contribution is 2.03. The van der Waals surface area contributed by atoms with Gasteiger partial charge in [0.05, 0.1) is 0 Å². The van der Waals surface area contributed by atoms with Crippen molar-refractivity contribution in [3.63, 3.8) is 0 Å². The molecule has 0 aliphatic carbocycles. The van der Waals surface area contributed by atoms with Crippen molar-refractivity contribution < 1.29 is 5.21 Å². The molecule has 0 amide bonds. The molecule has 0 heterocycles. The number of benzene rings is 1. The summed E-state index contributed by atoms with van der Waals surface area (Å²) in [5.74, 6) is 0. The highest BCUT2D eigenvalue weighted by molar-refractivity contribution is 5.22. The van der Waals surface area contributed by atoms with Crippen LogP contribution in [0, 0.1) is 0 Å². The Bertz CT molecular complexity index is 205. The Morgan fingerprint density at radius 3 is 2.18 bits per heavy atom. The monoisotopic (exact) mass is 151 g/mol. The number of aryl methyl sites for hydroxylation is 1. The van der Waals surface area contributed by atoms with Crippen molar-refractivity contribution in [1.29, 1.82) is 0 Å². The summed E-state index contributed by atoms with van der Waals surface area (Å²) >= 11 is 0. The van der Waals surface area contributed by atoms with Crippen LogP contribution in [-0.4, -0.2) is 5.21 Å². The molecule has 0 fully saturated rings. The molecule has 0 spiro atoms. The van der Waals surface area contributed by atoms with Gasteiger partial charge >= 0.3 is 0 Å². The number of hydrogen-bond acceptors (Lipinski definition) is 2. The van der Waals surface area contributed by atoms with Gasteiger partial charge in [0, 0.05) is 6.54 Å². The van der Waals surface area contributed by atoms with E-state index in [-0.39, 0.29) is 0 Å². The molecular formula is C9H13NO. The average Bonchev–Trinajstić information content (AvgIpc) is 2.07. The average molecular weight is 151 g/mol. The normalized spacial score (nSPS) is 10.0. The minimum atomic E-state index is 0.518. The SMILES string of the molecule is CCc1ccc(CNO)cc1. The minimum Gasteiger partial charge on any atom is -0.316 e. The van der Waals surface area contributed by atoms with E-state index < -0.39 is 0 Å². The third kappa shape index (κ3) is 2.33. The Hall–Kier alpha value is -0.860. The summed E-state index contributed by atoms with van der Waals surface area (Å²) in [6.07, 6.45) is 1.06. The first-order chi connectivity index (χ1) is 5.36. The van der Waals surface area contributed by atoms with Gasteiger partial charge < -0.3 is 5.21 Å². The van der Waals surface area contributed by atoms with Gasteiger partial charge in [-0.1, -0.05) is 31.2 Å². The van der Waals surface area contributed by atoms with Gasteiger partial charge in [0.2, 0.25) is 0 Å². The first-order valence-corrected chi connectivity index (χ1v) is 3.81. The second-order valence-corrected chi connectivity index (χ2v) is 2.50. The number of hydroxylamine groups is 1. The molecule has 1 rings (SSSR count). The van der Waals surface area contributed by atoms with Crippen LogP contribution in [0.5, 0.6) is 0 Å². The maximum absolute atomic E-state index is 8.40. The Labute approximate surface area is 66.8 Å². The molecule has 0 saturated carbocycles. The van der Waals surface area contributed by atoms with E-state index in [1.165, 1.54) is 5.56 Å². The lowest BCUT2D eigenvalue weighted by Crippen LogP contribution is -2.05. The van der Waals surface area contributed by atoms with E-state index in [1.807, 2.05) is 12.1 Å². The predicted molar refractivity (Wildman–Crippen MR) is 44.4 cm³/mol. The van der Waals surface area contributed by atoms with Crippen LogP contribution in [0.4, 0.5) is 0 Å². The predicted octanol–water partition coefficient (Wildman–Crippen LogP) is 1.73. The van der Waals surface area contributed by atoms with Gasteiger partial charge in [-0.3, -0.25) is 0 Å². The van der Waals surface area contributed by atoms with E-state index in [9.17, 15) is 0 Å². The van der Waals surface area contributed by atoms with Crippen LogP contribution >= 0.6 is 0 Å². The Balaban J connectivity index is 2.66. The largest absolute Gasteiger partial charge is 0.316 e. The summed E-state index contributed by atoms with van der Waals surface area (Å²) in [6, 6.07) is 8.18. The Morgan fingerprint density at radius 2 is 1.73 bits per heavy atom. The van der Waals surface area contributed by atoms with E-state index in [0.29, 0.717) is 6.54 Å². The molecule has 0 aliphatic rings. The van der Waals surface area contributed by atoms with Gasteiger partial charge in [0.1, 0.15) is 0 Å². The molecule has 0 saturated heterocycles. The van der Waals surface area contributed by atoms with Crippen LogP contribution in [0.1, 0.15) is 18.1 Å². The van der Waals surface area contributed by atoms with E-state index in [0.717, 1.165) is 12.0 Å². The first kappa shape index (κ1) is 8.24. The van der Waals surface area contributed by atoms with Crippen molar-refractivity contribution in [3.05, 3.63) is 35.4 Å². The molecule has 0 atom stereocenters. The highest BCUT2D eigenvalue weighted by atomic mass is 16.5. The third-order valence-electron chi connectivity index (χ3n) is 1.71. The van der Waals surface area contributed by atoms with Crippen LogP contribution < -0.4 is 5.48 Å². The molecule has 60 valence electrons. The highest BCUT2D eigenvalue weighted by Gasteiger charge is 1.90. The van der Waals surface area contributed by atoms with E-state index in [4.69, 9.17) is 5.21 Å². The van der Waals surface area contributed by atoms with Crippen LogP contribution in [-0.2, 0) is 13.0 Å². The Kier molecular flexibility index (Phi) is 3.08. The number of nitrogens with one attached hydrogen (secondary N) is 1. The van der Waals surface area contributed by atoms with Crippen LogP contribution in [0.25, 0.3) is 0 Å². The molecule has 0 aliphatic heterocycles. The molecule has 2 N–H and O–H groups in total. The van der Waals surface area contributed by atoms with Gasteiger partial charge in [0.25, 0.3) is 0 Å². The van der Waals surface area contributed by atoms with E-state index in [1.54, 1.807) is 0 Å². The fourth-order valence-electron chi connectivity index (χ4n) is 0.984. The van der Waals surface area contributed by atoms with Gasteiger partial charge in [0.15, 0.2) is 0 Å². The molecule has 0 bridgehead atoms. The fraction of sp³-hybridized carbons (Fsp3) is 0.333. The molecule has 0 aromatic heterocycles. The second-order valence-electron chi connectivity index (χ2n) is 2.50. The van der Waals surface area contributed by atoms with Gasteiger partial charge in [-0.15, -0.1) is 0 Å². The van der Waals surface area contributed by atoms with Crippen LogP contribution in [0.3, 0.4) is 0 Å². The zero-order valence-corrected chi connectivity index (χ0v) is 6.67. The summed E-state index contributed by atoms with van der Waals surface area (Å²) in [5, 5.41) is 8.40. The maximum Gasteiger partial charge on any atom is 0.0458 e. The van der Waals surface area contributed by atoms with Crippen LogP contribution in [0.15, 0.2) is 24.3 Å². The quantitative estimate of drug-likeness (QED) is 0.645. The van der Waals surface area contributed by atoms with Gasteiger partial charge in [-0.25, -0.2) is 5.48 Å². The summed E-state index contributed by atoms with van der Waals surface area (Å²) in [4.78, 5) is 0. The van der Waals surface area contributed by atoms with Crippen LogP contribution in [0.2, 0.25) is 0 Å². The molecule has 11 heavy (non-hydrogen) atoms. The summed E-state index contributed by atoms with van der Waals surface area (Å²) in [5.41, 5.74) is 4.55. The molecule has 1 aromatic rings. The minimum absolute atomic E-state index is 0.518. The van der Waals surface area contributed by atoms with Crippen molar-refractivity contribution >= 4 is 0 Å². The molecule has 2 nitrogen and oxygen atoms in total. The zero-order valence-electron chi connectivity index (χ0n) is 6.67. The lowest BCUT2D eigenvalue weighted by atomic mass is 10.1. The number of hydrogen-bond donors (Lipinski definition) is 2. The topological polar surface area (TPSA) is 32.3 Å². The summed E-state index contributed by atoms with van der Waals surface area (Å²) in [6.45, 7) is 2.64. The molecule has 1 aromatic carbocycles.